The summed E-state index contributed by atoms with van der Waals surface area (Å²) in [5.41, 5.74) is 0. The number of hydrogen-bond donors (Lipinski definition) is 0. The molecule has 13 heavy (non-hydrogen) atoms. The first-order valence-electron chi connectivity index (χ1n) is 4.39. The monoisotopic (exact) mass is 246 g/mol. The average molecular weight is 247 g/mol. The van der Waals surface area contributed by atoms with Gasteiger partial charge in [-0.1, -0.05) is 15.9 Å². The van der Waals surface area contributed by atoms with Crippen LogP contribution < -0.4 is 0 Å². The molecular formula is C9H11BrO3. The molecule has 4 heteroatoms. The first-order valence-corrected chi connectivity index (χ1v) is 5.31. The Kier molecular flexibility index (Phi) is 2.18. The van der Waals surface area contributed by atoms with Gasteiger partial charge >= 0.3 is 5.97 Å². The Labute approximate surface area is 85.0 Å². The van der Waals surface area contributed by atoms with Crippen molar-refractivity contribution in [2.75, 3.05) is 7.11 Å². The molecule has 0 N–H and O–H groups in total. The minimum Gasteiger partial charge on any atom is -0.469 e. The number of ether oxygens (including phenoxy) is 1. The SMILES string of the molecule is COC(=O)[C@@H]1[C@@H]2CC(=O)[C@@H]1C[C@H]2Br. The predicted molar refractivity (Wildman–Crippen MR) is 49.4 cm³/mol. The smallest absolute Gasteiger partial charge is 0.309 e. The van der Waals surface area contributed by atoms with E-state index in [1.807, 2.05) is 0 Å². The number of esters is 1. The van der Waals surface area contributed by atoms with Crippen LogP contribution in [0.15, 0.2) is 0 Å². The lowest BCUT2D eigenvalue weighted by Crippen LogP contribution is -2.22. The number of fused-ring (bicyclic) bond motifs is 2. The standard InChI is InChI=1S/C9H11BrO3/c1-13-9(12)8-4-3-7(11)5(8)2-6(4)10/h4-6,8H,2-3H2,1H3/t4-,5+,6-,8-/m1/s1. The van der Waals surface area contributed by atoms with Crippen molar-refractivity contribution in [1.82, 2.24) is 0 Å². The fourth-order valence-corrected chi connectivity index (χ4v) is 3.45. The van der Waals surface area contributed by atoms with Gasteiger partial charge in [-0.05, 0) is 12.3 Å². The fraction of sp³-hybridized carbons (Fsp3) is 0.778. The number of carbonyl (C=O) groups is 2. The number of rotatable bonds is 1. The first kappa shape index (κ1) is 9.19. The van der Waals surface area contributed by atoms with E-state index in [0.29, 0.717) is 11.2 Å². The summed E-state index contributed by atoms with van der Waals surface area (Å²) in [6, 6.07) is 0. The number of alkyl halides is 1. The van der Waals surface area contributed by atoms with Crippen LogP contribution in [0.4, 0.5) is 0 Å². The molecule has 2 saturated carbocycles. The van der Waals surface area contributed by atoms with E-state index < -0.39 is 0 Å². The van der Waals surface area contributed by atoms with Gasteiger partial charge in [0.2, 0.25) is 0 Å². The molecular weight excluding hydrogens is 236 g/mol. The fourth-order valence-electron chi connectivity index (χ4n) is 2.53. The van der Waals surface area contributed by atoms with Crippen LogP contribution in [0.2, 0.25) is 0 Å². The van der Waals surface area contributed by atoms with Gasteiger partial charge in [-0.15, -0.1) is 0 Å². The third kappa shape index (κ3) is 1.23. The molecule has 2 fully saturated rings. The van der Waals surface area contributed by atoms with Gasteiger partial charge in [0, 0.05) is 17.2 Å². The third-order valence-corrected chi connectivity index (χ3v) is 4.22. The molecule has 2 aliphatic carbocycles. The summed E-state index contributed by atoms with van der Waals surface area (Å²) < 4.78 is 4.70. The summed E-state index contributed by atoms with van der Waals surface area (Å²) in [5, 5.41) is 0. The van der Waals surface area contributed by atoms with Gasteiger partial charge in [-0.3, -0.25) is 9.59 Å². The van der Waals surface area contributed by atoms with E-state index in [0.717, 1.165) is 6.42 Å². The van der Waals surface area contributed by atoms with E-state index in [2.05, 4.69) is 15.9 Å². The lowest BCUT2D eigenvalue weighted by atomic mass is 9.98. The van der Waals surface area contributed by atoms with Crippen LogP contribution in [0.1, 0.15) is 12.8 Å². The van der Waals surface area contributed by atoms with Crippen LogP contribution in [-0.4, -0.2) is 23.7 Å². The number of carbonyl (C=O) groups excluding carboxylic acids is 2. The van der Waals surface area contributed by atoms with E-state index in [-0.39, 0.29) is 29.5 Å². The van der Waals surface area contributed by atoms with Crippen LogP contribution in [0.5, 0.6) is 0 Å². The van der Waals surface area contributed by atoms with E-state index in [1.54, 1.807) is 0 Å². The highest BCUT2D eigenvalue weighted by atomic mass is 79.9. The topological polar surface area (TPSA) is 43.4 Å². The van der Waals surface area contributed by atoms with Crippen LogP contribution >= 0.6 is 15.9 Å². The number of methoxy groups -OCH3 is 1. The third-order valence-electron chi connectivity index (χ3n) is 3.16. The van der Waals surface area contributed by atoms with Gasteiger partial charge in [0.15, 0.2) is 0 Å². The number of Topliss-reactive ketones (excluding diaryl/α,β-unsaturated/α-hetero) is 1. The molecule has 0 amide bonds. The number of ketones is 1. The Hall–Kier alpha value is -0.380. The van der Waals surface area contributed by atoms with Crippen molar-refractivity contribution >= 4 is 27.7 Å². The second-order valence-electron chi connectivity index (χ2n) is 3.74. The van der Waals surface area contributed by atoms with Gasteiger partial charge < -0.3 is 4.74 Å². The Balaban J connectivity index is 2.22. The molecule has 0 aromatic carbocycles. The van der Waals surface area contributed by atoms with E-state index in [4.69, 9.17) is 4.74 Å². The zero-order valence-electron chi connectivity index (χ0n) is 7.33. The maximum atomic E-state index is 11.4. The summed E-state index contributed by atoms with van der Waals surface area (Å²) in [6.07, 6.45) is 1.34. The van der Waals surface area contributed by atoms with Gasteiger partial charge in [-0.25, -0.2) is 0 Å². The van der Waals surface area contributed by atoms with Crippen molar-refractivity contribution in [3.8, 4) is 0 Å². The molecule has 0 aliphatic heterocycles. The molecule has 0 heterocycles. The molecule has 0 spiro atoms. The molecule has 72 valence electrons. The average Bonchev–Trinajstić information content (AvgIpc) is 2.57. The van der Waals surface area contributed by atoms with Gasteiger partial charge in [0.1, 0.15) is 5.78 Å². The summed E-state index contributed by atoms with van der Waals surface area (Å²) in [4.78, 5) is 23.1. The van der Waals surface area contributed by atoms with Crippen LogP contribution in [0.3, 0.4) is 0 Å². The molecule has 2 rings (SSSR count). The lowest BCUT2D eigenvalue weighted by molar-refractivity contribution is -0.147. The molecule has 2 aliphatic rings. The number of halogens is 1. The summed E-state index contributed by atoms with van der Waals surface area (Å²) in [5.74, 6) is -0.0763. The van der Waals surface area contributed by atoms with Gasteiger partial charge in [-0.2, -0.15) is 0 Å². The maximum absolute atomic E-state index is 11.4. The Bertz CT molecular complexity index is 264. The minimum atomic E-state index is -0.220. The molecule has 2 bridgehead atoms. The zero-order valence-corrected chi connectivity index (χ0v) is 8.91. The lowest BCUT2D eigenvalue weighted by Gasteiger charge is -2.13. The number of hydrogen-bond acceptors (Lipinski definition) is 3. The molecule has 0 saturated heterocycles. The highest BCUT2D eigenvalue weighted by molar-refractivity contribution is 9.09. The molecule has 0 aromatic heterocycles. The Morgan fingerprint density at radius 2 is 2.31 bits per heavy atom. The van der Waals surface area contributed by atoms with Crippen molar-refractivity contribution < 1.29 is 14.3 Å². The largest absolute Gasteiger partial charge is 0.469 e. The van der Waals surface area contributed by atoms with E-state index in [9.17, 15) is 9.59 Å². The molecule has 0 unspecified atom stereocenters. The zero-order chi connectivity index (χ0) is 9.59. The van der Waals surface area contributed by atoms with Crippen molar-refractivity contribution in [3.63, 3.8) is 0 Å². The van der Waals surface area contributed by atoms with Crippen molar-refractivity contribution in [3.05, 3.63) is 0 Å². The summed E-state index contributed by atoms with van der Waals surface area (Å²) >= 11 is 3.50. The van der Waals surface area contributed by atoms with Crippen LogP contribution in [0.25, 0.3) is 0 Å². The van der Waals surface area contributed by atoms with Crippen molar-refractivity contribution in [2.24, 2.45) is 17.8 Å². The quantitative estimate of drug-likeness (QED) is 0.515. The van der Waals surface area contributed by atoms with E-state index >= 15 is 0 Å². The molecule has 4 atom stereocenters. The van der Waals surface area contributed by atoms with Gasteiger partial charge in [0.05, 0.1) is 13.0 Å². The second kappa shape index (κ2) is 3.08. The van der Waals surface area contributed by atoms with Crippen LogP contribution in [-0.2, 0) is 14.3 Å². The maximum Gasteiger partial charge on any atom is 0.309 e. The second-order valence-corrected chi connectivity index (χ2v) is 4.92. The Morgan fingerprint density at radius 3 is 2.77 bits per heavy atom. The van der Waals surface area contributed by atoms with Crippen molar-refractivity contribution in [1.29, 1.82) is 0 Å². The van der Waals surface area contributed by atoms with Crippen LogP contribution in [0, 0.1) is 17.8 Å². The highest BCUT2D eigenvalue weighted by Crippen LogP contribution is 2.50. The van der Waals surface area contributed by atoms with Gasteiger partial charge in [0.25, 0.3) is 0 Å². The molecule has 0 radical (unpaired) electrons. The van der Waals surface area contributed by atoms with Crippen molar-refractivity contribution in [2.45, 2.75) is 17.7 Å². The molecule has 3 nitrogen and oxygen atoms in total. The van der Waals surface area contributed by atoms with E-state index in [1.165, 1.54) is 7.11 Å². The first-order chi connectivity index (χ1) is 6.15. The predicted octanol–water partition coefficient (Wildman–Crippen LogP) is 1.15. The summed E-state index contributed by atoms with van der Waals surface area (Å²) in [7, 11) is 1.38. The highest BCUT2D eigenvalue weighted by Gasteiger charge is 2.55. The normalized spacial score (nSPS) is 42.5. The Morgan fingerprint density at radius 1 is 1.62 bits per heavy atom. The summed E-state index contributed by atoms with van der Waals surface area (Å²) in [6.45, 7) is 0. The minimum absolute atomic E-state index is 0.0816. The molecule has 0 aromatic rings.